The Bertz CT molecular complexity index is 741. The van der Waals surface area contributed by atoms with Crippen LogP contribution in [0.15, 0.2) is 40.9 Å². The van der Waals surface area contributed by atoms with Crippen LogP contribution in [-0.4, -0.2) is 24.3 Å². The fourth-order valence-electron chi connectivity index (χ4n) is 1.76. The van der Waals surface area contributed by atoms with Gasteiger partial charge >= 0.3 is 0 Å². The lowest BCUT2D eigenvalue weighted by atomic mass is 9.96. The van der Waals surface area contributed by atoms with Crippen molar-refractivity contribution in [3.8, 4) is 0 Å². The highest BCUT2D eigenvalue weighted by Crippen LogP contribution is 2.19. The maximum atomic E-state index is 12.1. The zero-order valence-electron chi connectivity index (χ0n) is 13.0. The lowest BCUT2D eigenvalue weighted by Crippen LogP contribution is -2.14. The molecule has 0 saturated heterocycles. The second kappa shape index (κ2) is 6.44. The fourth-order valence-corrected chi connectivity index (χ4v) is 2.76. The highest BCUT2D eigenvalue weighted by Gasteiger charge is 2.23. The van der Waals surface area contributed by atoms with E-state index >= 15 is 0 Å². The van der Waals surface area contributed by atoms with Gasteiger partial charge in [0.25, 0.3) is 0 Å². The predicted molar refractivity (Wildman–Crippen MR) is 86.0 cm³/mol. The smallest absolute Gasteiger partial charge is 0.241 e. The summed E-state index contributed by atoms with van der Waals surface area (Å²) in [5, 5.41) is 3.83. The van der Waals surface area contributed by atoms with Crippen molar-refractivity contribution >= 4 is 15.9 Å². The molecular weight excluding hydrogens is 300 g/mol. The summed E-state index contributed by atoms with van der Waals surface area (Å²) in [5.74, 6) is 0.347. The molecule has 0 saturated carbocycles. The summed E-state index contributed by atoms with van der Waals surface area (Å²) in [4.78, 5) is 4.15. The van der Waals surface area contributed by atoms with Crippen molar-refractivity contribution in [3.05, 3.63) is 53.7 Å². The molecule has 1 aromatic heterocycles. The van der Waals surface area contributed by atoms with E-state index in [-0.39, 0.29) is 22.8 Å². The maximum Gasteiger partial charge on any atom is 0.241 e. The molecular formula is C16H20N2O3S. The second-order valence-electron chi connectivity index (χ2n) is 6.13. The van der Waals surface area contributed by atoms with Crippen LogP contribution in [0.2, 0.25) is 0 Å². The van der Waals surface area contributed by atoms with Crippen LogP contribution in [0.3, 0.4) is 0 Å². The number of aromatic nitrogens is 2. The average Bonchev–Trinajstić information content (AvgIpc) is 2.87. The lowest BCUT2D eigenvalue weighted by molar-refractivity contribution is 0.371. The molecule has 0 bridgehead atoms. The van der Waals surface area contributed by atoms with Crippen molar-refractivity contribution in [2.45, 2.75) is 31.9 Å². The Hall–Kier alpha value is -1.95. The van der Waals surface area contributed by atoms with Gasteiger partial charge in [0.2, 0.25) is 5.89 Å². The topological polar surface area (TPSA) is 73.1 Å². The van der Waals surface area contributed by atoms with E-state index in [4.69, 9.17) is 4.52 Å². The van der Waals surface area contributed by atoms with Crippen LogP contribution in [0, 0.1) is 0 Å². The number of hydrogen-bond donors (Lipinski definition) is 0. The van der Waals surface area contributed by atoms with E-state index in [1.54, 1.807) is 12.2 Å². The van der Waals surface area contributed by atoms with Gasteiger partial charge in [0.1, 0.15) is 5.75 Å². The molecule has 6 heteroatoms. The number of nitrogens with zero attached hydrogens (tertiary/aromatic N) is 2. The minimum atomic E-state index is -3.32. The Kier molecular flexibility index (Phi) is 4.81. The van der Waals surface area contributed by atoms with Gasteiger partial charge in [-0.2, -0.15) is 4.98 Å². The van der Waals surface area contributed by atoms with Crippen LogP contribution < -0.4 is 0 Å². The van der Waals surface area contributed by atoms with Gasteiger partial charge in [-0.25, -0.2) is 8.42 Å². The first kappa shape index (κ1) is 16.4. The van der Waals surface area contributed by atoms with E-state index in [1.807, 2.05) is 51.1 Å². The van der Waals surface area contributed by atoms with Gasteiger partial charge in [-0.15, -0.1) is 0 Å². The molecule has 118 valence electrons. The lowest BCUT2D eigenvalue weighted by Gasteiger charge is -2.10. The standard InChI is InChI=1S/C16H20N2O3S/c1-16(2,3)15-17-14(21-18-15)12-22(19,20)11-7-10-13-8-5-4-6-9-13/h4-10H,11-12H2,1-3H3/b10-7-. The maximum absolute atomic E-state index is 12.1. The Morgan fingerprint density at radius 1 is 1.18 bits per heavy atom. The first-order valence-corrected chi connectivity index (χ1v) is 8.83. The van der Waals surface area contributed by atoms with Crippen molar-refractivity contribution in [2.24, 2.45) is 0 Å². The molecule has 1 heterocycles. The van der Waals surface area contributed by atoms with E-state index in [0.717, 1.165) is 5.56 Å². The van der Waals surface area contributed by atoms with Crippen molar-refractivity contribution in [3.63, 3.8) is 0 Å². The van der Waals surface area contributed by atoms with E-state index in [2.05, 4.69) is 10.1 Å². The molecule has 22 heavy (non-hydrogen) atoms. The van der Waals surface area contributed by atoms with Crippen molar-refractivity contribution in [1.29, 1.82) is 0 Å². The van der Waals surface area contributed by atoms with Crippen LogP contribution in [0.4, 0.5) is 0 Å². The van der Waals surface area contributed by atoms with E-state index in [0.29, 0.717) is 5.82 Å². The molecule has 0 unspecified atom stereocenters. The molecule has 0 atom stereocenters. The molecule has 0 aliphatic carbocycles. The Morgan fingerprint density at radius 3 is 2.45 bits per heavy atom. The summed E-state index contributed by atoms with van der Waals surface area (Å²) < 4.78 is 29.2. The molecule has 0 aliphatic rings. The Balaban J connectivity index is 1.99. The van der Waals surface area contributed by atoms with Gasteiger partial charge < -0.3 is 4.52 Å². The largest absolute Gasteiger partial charge is 0.338 e. The third-order valence-corrected chi connectivity index (χ3v) is 4.33. The fraction of sp³-hybridized carbons (Fsp3) is 0.375. The highest BCUT2D eigenvalue weighted by molar-refractivity contribution is 7.90. The van der Waals surface area contributed by atoms with Gasteiger partial charge in [-0.05, 0) is 5.56 Å². The van der Waals surface area contributed by atoms with E-state index in [1.165, 1.54) is 0 Å². The van der Waals surface area contributed by atoms with Gasteiger partial charge in [-0.1, -0.05) is 68.4 Å². The molecule has 0 spiro atoms. The number of benzene rings is 1. The molecule has 2 rings (SSSR count). The summed E-state index contributed by atoms with van der Waals surface area (Å²) in [7, 11) is -3.32. The number of hydrogen-bond acceptors (Lipinski definition) is 5. The predicted octanol–water partition coefficient (Wildman–Crippen LogP) is 3.00. The number of sulfone groups is 1. The molecule has 0 fully saturated rings. The van der Waals surface area contributed by atoms with E-state index < -0.39 is 9.84 Å². The minimum Gasteiger partial charge on any atom is -0.338 e. The van der Waals surface area contributed by atoms with Crippen molar-refractivity contribution in [2.75, 3.05) is 5.75 Å². The van der Waals surface area contributed by atoms with Gasteiger partial charge in [-0.3, -0.25) is 0 Å². The third kappa shape index (κ3) is 4.80. The molecule has 0 N–H and O–H groups in total. The first-order valence-electron chi connectivity index (χ1n) is 7.01. The number of rotatable bonds is 5. The second-order valence-corrected chi connectivity index (χ2v) is 8.24. The van der Waals surface area contributed by atoms with Gasteiger partial charge in [0, 0.05) is 5.41 Å². The van der Waals surface area contributed by atoms with Crippen LogP contribution in [0.25, 0.3) is 6.08 Å². The SMILES string of the molecule is CC(C)(C)c1noc(CS(=O)(=O)C/C=C\c2ccccc2)n1. The van der Waals surface area contributed by atoms with Crippen LogP contribution >= 0.6 is 0 Å². The molecule has 2 aromatic rings. The highest BCUT2D eigenvalue weighted by atomic mass is 32.2. The summed E-state index contributed by atoms with van der Waals surface area (Å²) in [6.07, 6.45) is 3.41. The van der Waals surface area contributed by atoms with Gasteiger partial charge in [0.15, 0.2) is 15.7 Å². The molecule has 1 aromatic carbocycles. The minimum absolute atomic E-state index is 0.0604. The van der Waals surface area contributed by atoms with Crippen molar-refractivity contribution in [1.82, 2.24) is 10.1 Å². The van der Waals surface area contributed by atoms with E-state index in [9.17, 15) is 8.42 Å². The summed E-state index contributed by atoms with van der Waals surface area (Å²) in [5.41, 5.74) is 0.698. The molecule has 0 radical (unpaired) electrons. The quantitative estimate of drug-likeness (QED) is 0.846. The first-order chi connectivity index (χ1) is 10.3. The van der Waals surface area contributed by atoms with Gasteiger partial charge in [0.05, 0.1) is 5.75 Å². The van der Waals surface area contributed by atoms with Crippen molar-refractivity contribution < 1.29 is 12.9 Å². The Labute approximate surface area is 131 Å². The summed E-state index contributed by atoms with van der Waals surface area (Å²) in [6, 6.07) is 9.55. The van der Waals surface area contributed by atoms with Crippen LogP contribution in [0.5, 0.6) is 0 Å². The molecule has 5 nitrogen and oxygen atoms in total. The Morgan fingerprint density at radius 2 is 1.86 bits per heavy atom. The third-order valence-electron chi connectivity index (χ3n) is 2.94. The molecule has 0 amide bonds. The molecule has 0 aliphatic heterocycles. The average molecular weight is 320 g/mol. The summed E-state index contributed by atoms with van der Waals surface area (Å²) >= 11 is 0. The monoisotopic (exact) mass is 320 g/mol. The summed E-state index contributed by atoms with van der Waals surface area (Å²) in [6.45, 7) is 5.83. The zero-order valence-corrected chi connectivity index (χ0v) is 13.8. The van der Waals surface area contributed by atoms with Crippen LogP contribution in [-0.2, 0) is 21.0 Å². The zero-order chi connectivity index (χ0) is 16.2. The van der Waals surface area contributed by atoms with Crippen LogP contribution in [0.1, 0.15) is 38.0 Å². The normalized spacial score (nSPS) is 12.9.